The van der Waals surface area contributed by atoms with Gasteiger partial charge in [0, 0.05) is 5.56 Å². The summed E-state index contributed by atoms with van der Waals surface area (Å²) in [5, 5.41) is 0. The van der Waals surface area contributed by atoms with E-state index in [-0.39, 0.29) is 5.91 Å². The summed E-state index contributed by atoms with van der Waals surface area (Å²) < 4.78 is 5.73. The molecule has 0 saturated carbocycles. The van der Waals surface area contributed by atoms with E-state index in [0.29, 0.717) is 12.2 Å². The monoisotopic (exact) mass is 284 g/mol. The second kappa shape index (κ2) is 7.45. The summed E-state index contributed by atoms with van der Waals surface area (Å²) >= 11 is 0. The third-order valence-corrected chi connectivity index (χ3v) is 3.21. The van der Waals surface area contributed by atoms with E-state index in [4.69, 9.17) is 10.6 Å². The average molecular weight is 284 g/mol. The maximum Gasteiger partial charge on any atom is 0.265 e. The van der Waals surface area contributed by atoms with Gasteiger partial charge in [0.25, 0.3) is 5.91 Å². The molecule has 0 aliphatic rings. The summed E-state index contributed by atoms with van der Waals surface area (Å²) in [7, 11) is 0. The maximum atomic E-state index is 11.3. The molecule has 0 aliphatic carbocycles. The molecule has 0 atom stereocenters. The van der Waals surface area contributed by atoms with Crippen molar-refractivity contribution in [3.8, 4) is 5.75 Å². The molecular weight excluding hydrogens is 264 g/mol. The number of benzene rings is 2. The van der Waals surface area contributed by atoms with Crippen molar-refractivity contribution in [1.82, 2.24) is 5.43 Å². The van der Waals surface area contributed by atoms with Crippen molar-refractivity contribution < 1.29 is 9.53 Å². The molecule has 1 amide bonds. The largest absolute Gasteiger partial charge is 0.489 e. The number of aryl methyl sites for hydroxylation is 1. The van der Waals surface area contributed by atoms with Crippen molar-refractivity contribution in [3.05, 3.63) is 65.2 Å². The minimum Gasteiger partial charge on any atom is -0.489 e. The number of nitrogens with two attached hydrogens (primary N) is 1. The molecule has 2 rings (SSSR count). The van der Waals surface area contributed by atoms with E-state index < -0.39 is 0 Å². The van der Waals surface area contributed by atoms with Crippen LogP contribution in [0.15, 0.2) is 48.5 Å². The first-order chi connectivity index (χ1) is 10.2. The zero-order chi connectivity index (χ0) is 15.1. The van der Waals surface area contributed by atoms with Crippen molar-refractivity contribution in [1.29, 1.82) is 0 Å². The number of nitrogens with one attached hydrogen (secondary N) is 1. The summed E-state index contributed by atoms with van der Waals surface area (Å²) in [6.07, 6.45) is 2.23. The number of hydrazine groups is 1. The predicted molar refractivity (Wildman–Crippen MR) is 82.9 cm³/mol. The first-order valence-electron chi connectivity index (χ1n) is 7.04. The lowest BCUT2D eigenvalue weighted by molar-refractivity contribution is 0.0953. The normalized spacial score (nSPS) is 10.2. The van der Waals surface area contributed by atoms with E-state index in [9.17, 15) is 4.79 Å². The van der Waals surface area contributed by atoms with Crippen LogP contribution in [0.1, 0.15) is 34.8 Å². The fourth-order valence-electron chi connectivity index (χ4n) is 2.04. The Bertz CT molecular complexity index is 577. The zero-order valence-corrected chi connectivity index (χ0v) is 12.1. The van der Waals surface area contributed by atoms with Gasteiger partial charge in [0.2, 0.25) is 0 Å². The smallest absolute Gasteiger partial charge is 0.265 e. The number of ether oxygens (including phenoxy) is 1. The van der Waals surface area contributed by atoms with Crippen LogP contribution in [0.2, 0.25) is 0 Å². The van der Waals surface area contributed by atoms with Gasteiger partial charge in [0.15, 0.2) is 0 Å². The first kappa shape index (κ1) is 15.1. The van der Waals surface area contributed by atoms with E-state index in [0.717, 1.165) is 24.2 Å². The Morgan fingerprint density at radius 3 is 2.24 bits per heavy atom. The molecule has 21 heavy (non-hydrogen) atoms. The van der Waals surface area contributed by atoms with Crippen LogP contribution < -0.4 is 16.0 Å². The Morgan fingerprint density at radius 2 is 1.67 bits per heavy atom. The Hall–Kier alpha value is -2.33. The van der Waals surface area contributed by atoms with Gasteiger partial charge in [-0.15, -0.1) is 0 Å². The molecule has 0 unspecified atom stereocenters. The fraction of sp³-hybridized carbons (Fsp3) is 0.235. The van der Waals surface area contributed by atoms with E-state index in [1.54, 1.807) is 12.1 Å². The first-order valence-corrected chi connectivity index (χ1v) is 7.04. The Morgan fingerprint density at radius 1 is 1.05 bits per heavy atom. The summed E-state index contributed by atoms with van der Waals surface area (Å²) in [5.74, 6) is 5.63. The Labute approximate surface area is 124 Å². The molecule has 0 aromatic heterocycles. The Balaban J connectivity index is 1.91. The molecule has 0 radical (unpaired) electrons. The van der Waals surface area contributed by atoms with Crippen LogP contribution in [0, 0.1) is 0 Å². The lowest BCUT2D eigenvalue weighted by atomic mass is 10.1. The molecule has 110 valence electrons. The highest BCUT2D eigenvalue weighted by Gasteiger charge is 2.03. The Kier molecular flexibility index (Phi) is 5.35. The number of carbonyl (C=O) groups excluding carboxylic acids is 1. The van der Waals surface area contributed by atoms with Crippen molar-refractivity contribution >= 4 is 5.91 Å². The van der Waals surface area contributed by atoms with Gasteiger partial charge in [-0.05, 0) is 41.8 Å². The molecule has 0 spiro atoms. The maximum absolute atomic E-state index is 11.3. The summed E-state index contributed by atoms with van der Waals surface area (Å²) in [4.78, 5) is 11.3. The standard InChI is InChI=1S/C17H20N2O2/c1-2-3-13-6-10-16(11-7-13)21-12-14-4-8-15(9-5-14)17(20)19-18/h4-11H,2-3,12,18H2,1H3,(H,19,20). The topological polar surface area (TPSA) is 64.3 Å². The molecule has 4 heteroatoms. The van der Waals surface area contributed by atoms with Crippen LogP contribution in [0.3, 0.4) is 0 Å². The zero-order valence-electron chi connectivity index (χ0n) is 12.1. The molecule has 0 saturated heterocycles. The lowest BCUT2D eigenvalue weighted by Crippen LogP contribution is -2.29. The second-order valence-corrected chi connectivity index (χ2v) is 4.85. The number of hydrogen-bond donors (Lipinski definition) is 2. The van der Waals surface area contributed by atoms with E-state index in [2.05, 4.69) is 24.5 Å². The molecule has 4 nitrogen and oxygen atoms in total. The molecule has 0 aliphatic heterocycles. The molecule has 2 aromatic rings. The van der Waals surface area contributed by atoms with Gasteiger partial charge in [-0.1, -0.05) is 37.6 Å². The molecule has 2 aromatic carbocycles. The minimum atomic E-state index is -0.297. The summed E-state index contributed by atoms with van der Waals surface area (Å²) in [6, 6.07) is 15.3. The lowest BCUT2D eigenvalue weighted by Gasteiger charge is -2.08. The molecule has 0 bridgehead atoms. The van der Waals surface area contributed by atoms with Gasteiger partial charge >= 0.3 is 0 Å². The highest BCUT2D eigenvalue weighted by molar-refractivity contribution is 5.93. The summed E-state index contributed by atoms with van der Waals surface area (Å²) in [6.45, 7) is 2.64. The fourth-order valence-corrected chi connectivity index (χ4v) is 2.04. The molecular formula is C17H20N2O2. The number of amides is 1. The van der Waals surface area contributed by atoms with Gasteiger partial charge < -0.3 is 4.74 Å². The predicted octanol–water partition coefficient (Wildman–Crippen LogP) is 2.82. The van der Waals surface area contributed by atoms with E-state index >= 15 is 0 Å². The van der Waals surface area contributed by atoms with Gasteiger partial charge in [-0.25, -0.2) is 5.84 Å². The average Bonchev–Trinajstić information content (AvgIpc) is 2.54. The van der Waals surface area contributed by atoms with Crippen LogP contribution in [0.25, 0.3) is 0 Å². The number of carbonyl (C=O) groups is 1. The van der Waals surface area contributed by atoms with Gasteiger partial charge in [-0.2, -0.15) is 0 Å². The van der Waals surface area contributed by atoms with Gasteiger partial charge in [0.05, 0.1) is 0 Å². The number of nitrogen functional groups attached to an aromatic ring is 1. The highest BCUT2D eigenvalue weighted by atomic mass is 16.5. The highest BCUT2D eigenvalue weighted by Crippen LogP contribution is 2.15. The van der Waals surface area contributed by atoms with Crippen LogP contribution >= 0.6 is 0 Å². The van der Waals surface area contributed by atoms with Crippen molar-refractivity contribution in [2.45, 2.75) is 26.4 Å². The van der Waals surface area contributed by atoms with Crippen molar-refractivity contribution in [3.63, 3.8) is 0 Å². The second-order valence-electron chi connectivity index (χ2n) is 4.85. The van der Waals surface area contributed by atoms with Crippen molar-refractivity contribution in [2.75, 3.05) is 0 Å². The molecule has 0 fully saturated rings. The van der Waals surface area contributed by atoms with Crippen LogP contribution in [0.5, 0.6) is 5.75 Å². The van der Waals surface area contributed by atoms with Crippen LogP contribution in [-0.2, 0) is 13.0 Å². The minimum absolute atomic E-state index is 0.297. The third kappa shape index (κ3) is 4.33. The SMILES string of the molecule is CCCc1ccc(OCc2ccc(C(=O)NN)cc2)cc1. The number of hydrogen-bond acceptors (Lipinski definition) is 3. The van der Waals surface area contributed by atoms with E-state index in [1.807, 2.05) is 24.3 Å². The third-order valence-electron chi connectivity index (χ3n) is 3.21. The van der Waals surface area contributed by atoms with Crippen LogP contribution in [-0.4, -0.2) is 5.91 Å². The quantitative estimate of drug-likeness (QED) is 0.487. The molecule has 3 N–H and O–H groups in total. The summed E-state index contributed by atoms with van der Waals surface area (Å²) in [5.41, 5.74) is 4.96. The van der Waals surface area contributed by atoms with E-state index in [1.165, 1.54) is 5.56 Å². The van der Waals surface area contributed by atoms with Gasteiger partial charge in [0.1, 0.15) is 12.4 Å². The van der Waals surface area contributed by atoms with Crippen LogP contribution in [0.4, 0.5) is 0 Å². The van der Waals surface area contributed by atoms with Crippen molar-refractivity contribution in [2.24, 2.45) is 5.84 Å². The number of rotatable bonds is 6. The van der Waals surface area contributed by atoms with Gasteiger partial charge in [-0.3, -0.25) is 10.2 Å². The molecule has 0 heterocycles.